The second-order valence-corrected chi connectivity index (χ2v) is 7.65. The van der Waals surface area contributed by atoms with Crippen LogP contribution in [0.25, 0.3) is 0 Å². The molecular weight excluding hydrogens is 282 g/mol. The van der Waals surface area contributed by atoms with Crippen molar-refractivity contribution in [2.45, 2.75) is 25.8 Å². The summed E-state index contributed by atoms with van der Waals surface area (Å²) in [5.41, 5.74) is 1.64. The van der Waals surface area contributed by atoms with Gasteiger partial charge in [0.05, 0.1) is 4.88 Å². The zero-order chi connectivity index (χ0) is 14.9. The predicted molar refractivity (Wildman–Crippen MR) is 86.8 cm³/mol. The zero-order valence-corrected chi connectivity index (χ0v) is 13.8. The van der Waals surface area contributed by atoms with Gasteiger partial charge >= 0.3 is 0 Å². The number of likely N-dealkylation sites (tertiary alicyclic amines) is 1. The number of carbonyl (C=O) groups is 1. The van der Waals surface area contributed by atoms with Gasteiger partial charge in [0.2, 0.25) is 0 Å². The van der Waals surface area contributed by atoms with Crippen LogP contribution < -0.4 is 5.32 Å². The molecule has 2 fully saturated rings. The maximum absolute atomic E-state index is 12.8. The van der Waals surface area contributed by atoms with E-state index in [-0.39, 0.29) is 5.91 Å². The minimum atomic E-state index is 0.239. The highest BCUT2D eigenvalue weighted by atomic mass is 32.1. The second kappa shape index (κ2) is 6.07. The smallest absolute Gasteiger partial charge is 0.264 e. The molecule has 1 spiro atoms. The van der Waals surface area contributed by atoms with Gasteiger partial charge in [-0.3, -0.25) is 4.79 Å². The van der Waals surface area contributed by atoms with Crippen molar-refractivity contribution in [3.05, 3.63) is 21.9 Å². The number of rotatable bonds is 3. The summed E-state index contributed by atoms with van der Waals surface area (Å²) >= 11 is 1.59. The number of nitrogens with zero attached hydrogens (tertiary/aromatic N) is 2. The molecule has 4 nitrogen and oxygen atoms in total. The third kappa shape index (κ3) is 3.15. The Bertz CT molecular complexity index is 495. The number of carbonyl (C=O) groups excluding carboxylic acids is 1. The van der Waals surface area contributed by atoms with Crippen LogP contribution in [0.1, 0.15) is 34.5 Å². The fourth-order valence-corrected chi connectivity index (χ4v) is 4.42. The first kappa shape index (κ1) is 15.0. The van der Waals surface area contributed by atoms with Crippen LogP contribution in [0.2, 0.25) is 0 Å². The van der Waals surface area contributed by atoms with Crippen molar-refractivity contribution in [3.8, 4) is 0 Å². The maximum atomic E-state index is 12.8. The van der Waals surface area contributed by atoms with Crippen molar-refractivity contribution < 1.29 is 4.79 Å². The summed E-state index contributed by atoms with van der Waals surface area (Å²) in [6, 6.07) is 2.09. The summed E-state index contributed by atoms with van der Waals surface area (Å²) in [5.74, 6) is 0.239. The largest absolute Gasteiger partial charge is 0.338 e. The van der Waals surface area contributed by atoms with Crippen LogP contribution in [0.15, 0.2) is 11.4 Å². The van der Waals surface area contributed by atoms with Gasteiger partial charge in [-0.25, -0.2) is 0 Å². The average Bonchev–Trinajstić information content (AvgIpc) is 3.08. The summed E-state index contributed by atoms with van der Waals surface area (Å²) in [7, 11) is 4.09. The Morgan fingerprint density at radius 2 is 2.14 bits per heavy atom. The van der Waals surface area contributed by atoms with Gasteiger partial charge in [0.15, 0.2) is 0 Å². The Balaban J connectivity index is 1.65. The zero-order valence-electron chi connectivity index (χ0n) is 13.0. The third-order valence-electron chi connectivity index (χ3n) is 4.87. The molecular formula is C16H25N3OS. The Hall–Kier alpha value is -0.910. The van der Waals surface area contributed by atoms with E-state index in [1.807, 2.05) is 19.5 Å². The average molecular weight is 307 g/mol. The third-order valence-corrected chi connectivity index (χ3v) is 5.82. The number of nitrogens with one attached hydrogen (secondary N) is 1. The lowest BCUT2D eigenvalue weighted by Gasteiger charge is -2.38. The van der Waals surface area contributed by atoms with Gasteiger partial charge in [-0.2, -0.15) is 0 Å². The molecule has 0 unspecified atom stereocenters. The molecule has 116 valence electrons. The van der Waals surface area contributed by atoms with Gasteiger partial charge in [-0.1, -0.05) is 0 Å². The topological polar surface area (TPSA) is 35.6 Å². The quantitative estimate of drug-likeness (QED) is 0.928. The van der Waals surface area contributed by atoms with Crippen LogP contribution >= 0.6 is 11.3 Å². The molecule has 3 heterocycles. The number of hydrogen-bond acceptors (Lipinski definition) is 4. The first-order valence-corrected chi connectivity index (χ1v) is 8.69. The molecule has 5 heteroatoms. The molecule has 0 atom stereocenters. The minimum absolute atomic E-state index is 0.239. The highest BCUT2D eigenvalue weighted by Crippen LogP contribution is 2.37. The standard InChI is InChI=1S/C16H25N3OS/c1-18(2)11-13-3-10-21-14(13)15(20)19-8-5-16(6-9-19)4-7-17-12-16/h3,10,17H,4-9,11-12H2,1-2H3. The lowest BCUT2D eigenvalue weighted by molar-refractivity contribution is 0.0611. The molecule has 1 amide bonds. The van der Waals surface area contributed by atoms with Crippen LogP contribution in [0.3, 0.4) is 0 Å². The van der Waals surface area contributed by atoms with Gasteiger partial charge in [-0.05, 0) is 62.3 Å². The summed E-state index contributed by atoms with van der Waals surface area (Å²) < 4.78 is 0. The van der Waals surface area contributed by atoms with Crippen LogP contribution in [-0.2, 0) is 6.54 Å². The van der Waals surface area contributed by atoms with Gasteiger partial charge in [-0.15, -0.1) is 11.3 Å². The molecule has 2 aliphatic heterocycles. The summed E-state index contributed by atoms with van der Waals surface area (Å²) in [6.07, 6.45) is 3.58. The molecule has 0 bridgehead atoms. The van der Waals surface area contributed by atoms with Crippen molar-refractivity contribution >= 4 is 17.2 Å². The van der Waals surface area contributed by atoms with E-state index in [0.29, 0.717) is 5.41 Å². The highest BCUT2D eigenvalue weighted by Gasteiger charge is 2.38. The second-order valence-electron chi connectivity index (χ2n) is 6.73. The molecule has 2 aliphatic rings. The van der Waals surface area contributed by atoms with Crippen LogP contribution in [0.4, 0.5) is 0 Å². The number of hydrogen-bond donors (Lipinski definition) is 1. The van der Waals surface area contributed by atoms with E-state index in [0.717, 1.165) is 56.0 Å². The van der Waals surface area contributed by atoms with Crippen molar-refractivity contribution in [1.29, 1.82) is 0 Å². The van der Waals surface area contributed by atoms with Gasteiger partial charge in [0, 0.05) is 26.2 Å². The predicted octanol–water partition coefficient (Wildman–Crippen LogP) is 2.03. The van der Waals surface area contributed by atoms with Gasteiger partial charge in [0.1, 0.15) is 0 Å². The monoisotopic (exact) mass is 307 g/mol. The first-order chi connectivity index (χ1) is 10.1. The summed E-state index contributed by atoms with van der Waals surface area (Å²) in [6.45, 7) is 4.96. The molecule has 1 aromatic heterocycles. The number of piperidine rings is 1. The van der Waals surface area contributed by atoms with Crippen LogP contribution in [0, 0.1) is 5.41 Å². The fourth-order valence-electron chi connectivity index (χ4n) is 3.54. The molecule has 1 N–H and O–H groups in total. The molecule has 0 aromatic carbocycles. The Labute approximate surface area is 131 Å². The maximum Gasteiger partial charge on any atom is 0.264 e. The van der Waals surface area contributed by atoms with Crippen molar-refractivity contribution in [2.24, 2.45) is 5.41 Å². The SMILES string of the molecule is CN(C)Cc1ccsc1C(=O)N1CCC2(CCNC2)CC1. The van der Waals surface area contributed by atoms with Crippen molar-refractivity contribution in [3.63, 3.8) is 0 Å². The molecule has 3 rings (SSSR count). The summed E-state index contributed by atoms with van der Waals surface area (Å²) in [5, 5.41) is 5.52. The molecule has 2 saturated heterocycles. The molecule has 0 saturated carbocycles. The van der Waals surface area contributed by atoms with Gasteiger partial charge in [0.25, 0.3) is 5.91 Å². The minimum Gasteiger partial charge on any atom is -0.338 e. The lowest BCUT2D eigenvalue weighted by atomic mass is 9.78. The Kier molecular flexibility index (Phi) is 4.33. The van der Waals surface area contributed by atoms with Gasteiger partial charge < -0.3 is 15.1 Å². The van der Waals surface area contributed by atoms with Crippen molar-refractivity contribution in [2.75, 3.05) is 40.3 Å². The van der Waals surface area contributed by atoms with E-state index < -0.39 is 0 Å². The molecule has 21 heavy (non-hydrogen) atoms. The van der Waals surface area contributed by atoms with Crippen LogP contribution in [0.5, 0.6) is 0 Å². The fraction of sp³-hybridized carbons (Fsp3) is 0.688. The van der Waals surface area contributed by atoms with E-state index in [1.54, 1.807) is 11.3 Å². The van der Waals surface area contributed by atoms with E-state index in [9.17, 15) is 4.79 Å². The lowest BCUT2D eigenvalue weighted by Crippen LogP contribution is -2.44. The Morgan fingerprint density at radius 3 is 2.76 bits per heavy atom. The molecule has 1 aromatic rings. The molecule has 0 radical (unpaired) electrons. The Morgan fingerprint density at radius 1 is 1.38 bits per heavy atom. The normalized spacial score (nSPS) is 21.4. The van der Waals surface area contributed by atoms with E-state index in [1.165, 1.54) is 6.42 Å². The van der Waals surface area contributed by atoms with E-state index in [4.69, 9.17) is 0 Å². The summed E-state index contributed by atoms with van der Waals surface area (Å²) in [4.78, 5) is 17.9. The highest BCUT2D eigenvalue weighted by molar-refractivity contribution is 7.12. The number of thiophene rings is 1. The first-order valence-electron chi connectivity index (χ1n) is 7.81. The van der Waals surface area contributed by atoms with Crippen molar-refractivity contribution in [1.82, 2.24) is 15.1 Å². The van der Waals surface area contributed by atoms with Crippen LogP contribution in [-0.4, -0.2) is 56.0 Å². The molecule has 0 aliphatic carbocycles. The van der Waals surface area contributed by atoms with E-state index in [2.05, 4.69) is 21.2 Å². The van der Waals surface area contributed by atoms with E-state index >= 15 is 0 Å². The number of amides is 1.